The topological polar surface area (TPSA) is 78.9 Å². The van der Waals surface area contributed by atoms with Gasteiger partial charge >= 0.3 is 12.0 Å². The van der Waals surface area contributed by atoms with Gasteiger partial charge in [-0.15, -0.1) is 0 Å². The van der Waals surface area contributed by atoms with Crippen molar-refractivity contribution in [3.05, 3.63) is 0 Å². The third-order valence-electron chi connectivity index (χ3n) is 4.40. The number of amides is 2. The molecule has 1 saturated heterocycles. The van der Waals surface area contributed by atoms with Crippen LogP contribution in [-0.4, -0.2) is 54.9 Å². The Morgan fingerprint density at radius 3 is 2.58 bits per heavy atom. The highest BCUT2D eigenvalue weighted by molar-refractivity contribution is 5.77. The molecule has 3 unspecified atom stereocenters. The second kappa shape index (κ2) is 5.00. The number of carbonyl (C=O) groups is 2. The Morgan fingerprint density at radius 1 is 1.42 bits per heavy atom. The summed E-state index contributed by atoms with van der Waals surface area (Å²) in [4.78, 5) is 24.5. The summed E-state index contributed by atoms with van der Waals surface area (Å²) in [6.07, 6.45) is 1.13. The number of rotatable bonds is 4. The number of nitrogens with zero attached hydrogens (tertiary/aromatic N) is 1. The summed E-state index contributed by atoms with van der Waals surface area (Å²) in [7, 11) is 1.63. The highest BCUT2D eigenvalue weighted by Gasteiger charge is 2.45. The van der Waals surface area contributed by atoms with Gasteiger partial charge in [0.1, 0.15) is 5.92 Å². The highest BCUT2D eigenvalue weighted by atomic mass is 16.5. The van der Waals surface area contributed by atoms with Crippen LogP contribution in [-0.2, 0) is 9.53 Å². The molecule has 0 bridgehead atoms. The van der Waals surface area contributed by atoms with E-state index in [2.05, 4.69) is 19.2 Å². The number of hydrogen-bond acceptors (Lipinski definition) is 3. The number of aliphatic carboxylic acids is 1. The molecule has 1 aliphatic carbocycles. The molecule has 0 radical (unpaired) electrons. The molecule has 3 atom stereocenters. The monoisotopic (exact) mass is 270 g/mol. The fourth-order valence-corrected chi connectivity index (χ4v) is 2.57. The quantitative estimate of drug-likeness (QED) is 0.791. The summed E-state index contributed by atoms with van der Waals surface area (Å²) >= 11 is 0. The van der Waals surface area contributed by atoms with Crippen LogP contribution >= 0.6 is 0 Å². The maximum Gasteiger partial charge on any atom is 0.317 e. The fraction of sp³-hybridized carbons (Fsp3) is 0.846. The number of carboxylic acid groups (broad SMARTS) is 1. The zero-order valence-electron chi connectivity index (χ0n) is 11.7. The second-order valence-corrected chi connectivity index (χ2v) is 6.24. The van der Waals surface area contributed by atoms with Crippen LogP contribution in [0.25, 0.3) is 0 Å². The van der Waals surface area contributed by atoms with Gasteiger partial charge in [0.05, 0.1) is 19.3 Å². The molecule has 1 aliphatic heterocycles. The zero-order valence-corrected chi connectivity index (χ0v) is 11.7. The highest BCUT2D eigenvalue weighted by Crippen LogP contribution is 2.50. The van der Waals surface area contributed by atoms with Gasteiger partial charge in [-0.25, -0.2) is 4.79 Å². The van der Waals surface area contributed by atoms with Crippen LogP contribution < -0.4 is 5.32 Å². The van der Waals surface area contributed by atoms with Crippen molar-refractivity contribution in [1.29, 1.82) is 0 Å². The van der Waals surface area contributed by atoms with Crippen molar-refractivity contribution in [1.82, 2.24) is 10.2 Å². The number of nitrogens with one attached hydrogen (secondary N) is 1. The first-order valence-corrected chi connectivity index (χ1v) is 6.64. The molecule has 0 spiro atoms. The van der Waals surface area contributed by atoms with Gasteiger partial charge in [0.25, 0.3) is 0 Å². The summed E-state index contributed by atoms with van der Waals surface area (Å²) in [6, 6.07) is -0.603. The molecule has 6 heteroatoms. The lowest BCUT2D eigenvalue weighted by Gasteiger charge is -2.26. The van der Waals surface area contributed by atoms with E-state index in [0.29, 0.717) is 17.9 Å². The van der Waals surface area contributed by atoms with Gasteiger partial charge < -0.3 is 20.1 Å². The summed E-state index contributed by atoms with van der Waals surface area (Å²) in [5.41, 5.74) is 0.325. The lowest BCUT2D eigenvalue weighted by Crippen LogP contribution is -2.48. The molecule has 2 aliphatic rings. The Balaban J connectivity index is 1.83. The van der Waals surface area contributed by atoms with Crippen molar-refractivity contribution < 1.29 is 19.4 Å². The fourth-order valence-electron chi connectivity index (χ4n) is 2.57. The van der Waals surface area contributed by atoms with Crippen LogP contribution in [0.1, 0.15) is 20.3 Å². The van der Waals surface area contributed by atoms with Gasteiger partial charge in [-0.1, -0.05) is 13.8 Å². The van der Waals surface area contributed by atoms with E-state index in [-0.39, 0.29) is 25.3 Å². The SMILES string of the molecule is CN(C(=O)NCC1CC1(C)C)C1COCC1C(=O)O. The first kappa shape index (κ1) is 14.1. The van der Waals surface area contributed by atoms with Crippen molar-refractivity contribution >= 4 is 12.0 Å². The van der Waals surface area contributed by atoms with E-state index < -0.39 is 11.9 Å². The third kappa shape index (κ3) is 3.00. The zero-order chi connectivity index (χ0) is 14.2. The smallest absolute Gasteiger partial charge is 0.317 e. The minimum absolute atomic E-state index is 0.174. The number of urea groups is 1. The molecule has 0 aromatic carbocycles. The van der Waals surface area contributed by atoms with Gasteiger partial charge in [-0.2, -0.15) is 0 Å². The van der Waals surface area contributed by atoms with Crippen molar-refractivity contribution in [2.75, 3.05) is 26.8 Å². The minimum Gasteiger partial charge on any atom is -0.481 e. The maximum absolute atomic E-state index is 12.0. The lowest BCUT2D eigenvalue weighted by atomic mass is 10.0. The van der Waals surface area contributed by atoms with E-state index in [1.54, 1.807) is 7.05 Å². The van der Waals surface area contributed by atoms with Gasteiger partial charge in [0, 0.05) is 13.6 Å². The molecule has 1 heterocycles. The van der Waals surface area contributed by atoms with Crippen LogP contribution in [0.2, 0.25) is 0 Å². The Kier molecular flexibility index (Phi) is 3.71. The second-order valence-electron chi connectivity index (χ2n) is 6.24. The molecule has 0 aromatic rings. The van der Waals surface area contributed by atoms with Gasteiger partial charge in [-0.05, 0) is 17.8 Å². The van der Waals surface area contributed by atoms with Crippen LogP contribution in [0.5, 0.6) is 0 Å². The molecular weight excluding hydrogens is 248 g/mol. The predicted molar refractivity (Wildman–Crippen MR) is 68.8 cm³/mol. The largest absolute Gasteiger partial charge is 0.481 e. The summed E-state index contributed by atoms with van der Waals surface area (Å²) in [5, 5.41) is 11.9. The Bertz CT molecular complexity index is 383. The van der Waals surface area contributed by atoms with E-state index in [0.717, 1.165) is 6.42 Å². The molecule has 0 aromatic heterocycles. The molecule has 2 N–H and O–H groups in total. The maximum atomic E-state index is 12.0. The summed E-state index contributed by atoms with van der Waals surface area (Å²) < 4.78 is 5.17. The lowest BCUT2D eigenvalue weighted by molar-refractivity contribution is -0.142. The first-order valence-electron chi connectivity index (χ1n) is 6.64. The normalized spacial score (nSPS) is 31.8. The summed E-state index contributed by atoms with van der Waals surface area (Å²) in [5.74, 6) is -1.02. The third-order valence-corrected chi connectivity index (χ3v) is 4.40. The Labute approximate surface area is 113 Å². The predicted octanol–water partition coefficient (Wildman–Crippen LogP) is 0.773. The molecule has 2 fully saturated rings. The van der Waals surface area contributed by atoms with E-state index in [1.165, 1.54) is 4.90 Å². The van der Waals surface area contributed by atoms with E-state index >= 15 is 0 Å². The van der Waals surface area contributed by atoms with E-state index in [9.17, 15) is 9.59 Å². The van der Waals surface area contributed by atoms with Crippen molar-refractivity contribution in [2.24, 2.45) is 17.3 Å². The molecule has 2 amide bonds. The average Bonchev–Trinajstić information content (AvgIpc) is 2.79. The first-order chi connectivity index (χ1) is 8.83. The number of carbonyl (C=O) groups excluding carboxylic acids is 1. The van der Waals surface area contributed by atoms with Crippen LogP contribution in [0.4, 0.5) is 4.79 Å². The Morgan fingerprint density at radius 2 is 2.05 bits per heavy atom. The van der Waals surface area contributed by atoms with E-state index in [1.807, 2.05) is 0 Å². The van der Waals surface area contributed by atoms with Gasteiger partial charge in [0.2, 0.25) is 0 Å². The molecule has 6 nitrogen and oxygen atoms in total. The molecule has 2 rings (SSSR count). The van der Waals surface area contributed by atoms with Gasteiger partial charge in [0.15, 0.2) is 0 Å². The van der Waals surface area contributed by atoms with Crippen molar-refractivity contribution in [2.45, 2.75) is 26.3 Å². The van der Waals surface area contributed by atoms with Crippen LogP contribution in [0.3, 0.4) is 0 Å². The Hall–Kier alpha value is -1.30. The molecule has 108 valence electrons. The van der Waals surface area contributed by atoms with Crippen molar-refractivity contribution in [3.63, 3.8) is 0 Å². The molecule has 19 heavy (non-hydrogen) atoms. The van der Waals surface area contributed by atoms with E-state index in [4.69, 9.17) is 9.84 Å². The molecular formula is C13H22N2O4. The van der Waals surface area contributed by atoms with Crippen LogP contribution in [0, 0.1) is 17.3 Å². The van der Waals surface area contributed by atoms with Gasteiger partial charge in [-0.3, -0.25) is 4.79 Å². The summed E-state index contributed by atoms with van der Waals surface area (Å²) in [6.45, 7) is 5.47. The number of likely N-dealkylation sites (N-methyl/N-ethyl adjacent to an activating group) is 1. The standard InChI is InChI=1S/C13H22N2O4/c1-13(2)4-8(13)5-14-12(18)15(3)10-7-19-6-9(10)11(16)17/h8-10H,4-7H2,1-3H3,(H,14,18)(H,16,17). The number of ether oxygens (including phenoxy) is 1. The molecule has 1 saturated carbocycles. The number of carboxylic acids is 1. The average molecular weight is 270 g/mol. The minimum atomic E-state index is -0.912. The number of hydrogen-bond donors (Lipinski definition) is 2. The van der Waals surface area contributed by atoms with Crippen molar-refractivity contribution in [3.8, 4) is 0 Å². The van der Waals surface area contributed by atoms with Crippen LogP contribution in [0.15, 0.2) is 0 Å².